The van der Waals surface area contributed by atoms with E-state index in [0.29, 0.717) is 5.41 Å². The molecule has 1 N–H and O–H groups in total. The highest BCUT2D eigenvalue weighted by atomic mass is 32.2. The third kappa shape index (κ3) is 3.27. The maximum absolute atomic E-state index is 5.81. The van der Waals surface area contributed by atoms with Gasteiger partial charge in [-0.2, -0.15) is 0 Å². The van der Waals surface area contributed by atoms with Crippen molar-refractivity contribution in [1.29, 1.82) is 0 Å². The fourth-order valence-electron chi connectivity index (χ4n) is 3.50. The van der Waals surface area contributed by atoms with E-state index in [4.69, 9.17) is 9.73 Å². The van der Waals surface area contributed by atoms with Crippen molar-refractivity contribution in [2.24, 2.45) is 10.4 Å². The second-order valence-electron chi connectivity index (χ2n) is 6.73. The van der Waals surface area contributed by atoms with Crippen molar-refractivity contribution >= 4 is 16.9 Å². The first-order chi connectivity index (χ1) is 9.20. The second kappa shape index (κ2) is 5.65. The summed E-state index contributed by atoms with van der Waals surface area (Å²) < 4.78 is 5.81. The fourth-order valence-corrected chi connectivity index (χ4v) is 4.66. The summed E-state index contributed by atoms with van der Waals surface area (Å²) in [4.78, 5) is 4.81. The number of hydrogen-bond donors (Lipinski definition) is 1. The molecule has 0 aromatic heterocycles. The van der Waals surface area contributed by atoms with E-state index in [9.17, 15) is 0 Å². The van der Waals surface area contributed by atoms with Crippen LogP contribution in [0.15, 0.2) is 4.99 Å². The fraction of sp³-hybridized carbons (Fsp3) is 0.933. The van der Waals surface area contributed by atoms with Crippen LogP contribution in [-0.4, -0.2) is 36.2 Å². The molecule has 3 nitrogen and oxygen atoms in total. The third-order valence-corrected chi connectivity index (χ3v) is 6.20. The summed E-state index contributed by atoms with van der Waals surface area (Å²) in [6.45, 7) is 5.08. The summed E-state index contributed by atoms with van der Waals surface area (Å²) >= 11 is 1.93. The summed E-state index contributed by atoms with van der Waals surface area (Å²) in [7, 11) is 0. The van der Waals surface area contributed by atoms with Gasteiger partial charge in [0.2, 0.25) is 0 Å². The zero-order valence-electron chi connectivity index (χ0n) is 12.0. The number of rotatable bonds is 2. The zero-order chi connectivity index (χ0) is 13.2. The largest absolute Gasteiger partial charge is 0.373 e. The van der Waals surface area contributed by atoms with Gasteiger partial charge in [-0.1, -0.05) is 31.0 Å². The first-order valence-electron chi connectivity index (χ1n) is 7.75. The molecular weight excluding hydrogens is 256 g/mol. The van der Waals surface area contributed by atoms with Crippen molar-refractivity contribution in [1.82, 2.24) is 5.32 Å². The van der Waals surface area contributed by atoms with Gasteiger partial charge in [-0.25, -0.2) is 0 Å². The molecule has 1 spiro atoms. The van der Waals surface area contributed by atoms with Crippen LogP contribution in [0.4, 0.5) is 0 Å². The lowest BCUT2D eigenvalue weighted by atomic mass is 9.75. The Labute approximate surface area is 121 Å². The SMILES string of the molecule is CC1(CNC2=NCC3(CCCCC3)CS2)CCCO1. The minimum Gasteiger partial charge on any atom is -0.373 e. The lowest BCUT2D eigenvalue weighted by molar-refractivity contribution is 0.0245. The van der Waals surface area contributed by atoms with Crippen LogP contribution in [0, 0.1) is 5.41 Å². The number of thioether (sulfide) groups is 1. The van der Waals surface area contributed by atoms with E-state index >= 15 is 0 Å². The molecule has 1 saturated heterocycles. The van der Waals surface area contributed by atoms with E-state index in [2.05, 4.69) is 12.2 Å². The second-order valence-corrected chi connectivity index (χ2v) is 7.69. The monoisotopic (exact) mass is 282 g/mol. The van der Waals surface area contributed by atoms with Gasteiger partial charge in [0.1, 0.15) is 0 Å². The van der Waals surface area contributed by atoms with Gasteiger partial charge >= 0.3 is 0 Å². The summed E-state index contributed by atoms with van der Waals surface area (Å²) in [5.41, 5.74) is 0.560. The van der Waals surface area contributed by atoms with E-state index < -0.39 is 0 Å². The third-order valence-electron chi connectivity index (χ3n) is 4.90. The lowest BCUT2D eigenvalue weighted by Gasteiger charge is -2.38. The Kier molecular flexibility index (Phi) is 4.08. The summed E-state index contributed by atoms with van der Waals surface area (Å²) in [5.74, 6) is 1.26. The molecule has 2 aliphatic heterocycles. The molecule has 1 atom stereocenters. The van der Waals surface area contributed by atoms with Crippen LogP contribution in [0.1, 0.15) is 51.9 Å². The van der Waals surface area contributed by atoms with Gasteiger partial charge < -0.3 is 10.1 Å². The molecule has 108 valence electrons. The van der Waals surface area contributed by atoms with Gasteiger partial charge in [-0.3, -0.25) is 4.99 Å². The van der Waals surface area contributed by atoms with Gasteiger partial charge in [0.05, 0.1) is 5.60 Å². The van der Waals surface area contributed by atoms with E-state index in [1.54, 1.807) is 0 Å². The van der Waals surface area contributed by atoms with E-state index in [-0.39, 0.29) is 5.60 Å². The Bertz CT molecular complexity index is 344. The van der Waals surface area contributed by atoms with Crippen LogP contribution in [0.2, 0.25) is 0 Å². The molecule has 1 aliphatic carbocycles. The summed E-state index contributed by atoms with van der Waals surface area (Å²) in [5, 5.41) is 4.66. The van der Waals surface area contributed by atoms with Gasteiger partial charge in [0.25, 0.3) is 0 Å². The van der Waals surface area contributed by atoms with Crippen LogP contribution in [-0.2, 0) is 4.74 Å². The molecule has 3 rings (SSSR count). The predicted octanol–water partition coefficient (Wildman–Crippen LogP) is 3.20. The van der Waals surface area contributed by atoms with E-state index in [1.165, 1.54) is 50.7 Å². The molecule has 2 fully saturated rings. The van der Waals surface area contributed by atoms with Crippen LogP contribution in [0.3, 0.4) is 0 Å². The summed E-state index contributed by atoms with van der Waals surface area (Å²) in [6.07, 6.45) is 9.38. The normalized spacial score (nSPS) is 34.3. The number of nitrogens with zero attached hydrogens (tertiary/aromatic N) is 1. The molecule has 1 unspecified atom stereocenters. The van der Waals surface area contributed by atoms with Gasteiger partial charge in [0, 0.05) is 25.4 Å². The van der Waals surface area contributed by atoms with Crippen LogP contribution in [0.25, 0.3) is 0 Å². The van der Waals surface area contributed by atoms with Gasteiger partial charge in [0.15, 0.2) is 5.17 Å². The first kappa shape index (κ1) is 13.7. The molecule has 3 aliphatic rings. The van der Waals surface area contributed by atoms with Crippen LogP contribution < -0.4 is 5.32 Å². The molecule has 0 amide bonds. The van der Waals surface area contributed by atoms with Crippen molar-refractivity contribution in [3.05, 3.63) is 0 Å². The van der Waals surface area contributed by atoms with Gasteiger partial charge in [-0.05, 0) is 38.0 Å². The smallest absolute Gasteiger partial charge is 0.156 e. The topological polar surface area (TPSA) is 33.6 Å². The molecule has 0 aromatic carbocycles. The Morgan fingerprint density at radius 2 is 2.05 bits per heavy atom. The molecule has 19 heavy (non-hydrogen) atoms. The Hall–Kier alpha value is -0.220. The average Bonchev–Trinajstić information content (AvgIpc) is 2.87. The number of amidine groups is 1. The molecular formula is C15H26N2OS. The summed E-state index contributed by atoms with van der Waals surface area (Å²) in [6, 6.07) is 0. The molecule has 0 aromatic rings. The number of nitrogens with one attached hydrogen (secondary N) is 1. The standard InChI is InChI=1S/C15H26N2OS/c1-14(6-5-9-18-14)10-16-13-17-11-15(12-19-13)7-3-2-4-8-15/h2-12H2,1H3,(H,16,17). The van der Waals surface area contributed by atoms with Crippen molar-refractivity contribution < 1.29 is 4.74 Å². The lowest BCUT2D eigenvalue weighted by Crippen LogP contribution is -2.42. The van der Waals surface area contributed by atoms with Crippen LogP contribution in [0.5, 0.6) is 0 Å². The van der Waals surface area contributed by atoms with Crippen molar-refractivity contribution in [3.8, 4) is 0 Å². The highest BCUT2D eigenvalue weighted by Crippen LogP contribution is 2.41. The molecule has 0 radical (unpaired) electrons. The number of ether oxygens (including phenoxy) is 1. The van der Waals surface area contributed by atoms with Crippen LogP contribution >= 0.6 is 11.8 Å². The number of aliphatic imine (C=N–C) groups is 1. The average molecular weight is 282 g/mol. The van der Waals surface area contributed by atoms with E-state index in [0.717, 1.165) is 24.9 Å². The van der Waals surface area contributed by atoms with E-state index in [1.807, 2.05) is 11.8 Å². The molecule has 1 saturated carbocycles. The maximum atomic E-state index is 5.81. The van der Waals surface area contributed by atoms with Gasteiger partial charge in [-0.15, -0.1) is 0 Å². The molecule has 0 bridgehead atoms. The predicted molar refractivity (Wildman–Crippen MR) is 81.9 cm³/mol. The highest BCUT2D eigenvalue weighted by Gasteiger charge is 2.35. The zero-order valence-corrected chi connectivity index (χ0v) is 12.9. The number of hydrogen-bond acceptors (Lipinski definition) is 4. The maximum Gasteiger partial charge on any atom is 0.156 e. The highest BCUT2D eigenvalue weighted by molar-refractivity contribution is 8.13. The Morgan fingerprint density at radius 3 is 2.68 bits per heavy atom. The molecule has 2 heterocycles. The minimum atomic E-state index is 0.0308. The quantitative estimate of drug-likeness (QED) is 0.844. The Morgan fingerprint density at radius 1 is 1.21 bits per heavy atom. The van der Waals surface area contributed by atoms with Crippen molar-refractivity contribution in [3.63, 3.8) is 0 Å². The van der Waals surface area contributed by atoms with Crippen molar-refractivity contribution in [2.45, 2.75) is 57.5 Å². The van der Waals surface area contributed by atoms with Crippen molar-refractivity contribution in [2.75, 3.05) is 25.4 Å². The minimum absolute atomic E-state index is 0.0308. The molecule has 4 heteroatoms. The Balaban J connectivity index is 1.50. The first-order valence-corrected chi connectivity index (χ1v) is 8.74.